The molecule has 0 bridgehead atoms. The Kier molecular flexibility index (Phi) is 6.47. The van der Waals surface area contributed by atoms with Gasteiger partial charge in [-0.05, 0) is 37.9 Å². The Morgan fingerprint density at radius 1 is 1.37 bits per heavy atom. The van der Waals surface area contributed by atoms with Gasteiger partial charge in [-0.2, -0.15) is 11.8 Å². The number of nitrogens with one attached hydrogen (secondary N) is 2. The first-order chi connectivity index (χ1) is 8.93. The van der Waals surface area contributed by atoms with Crippen molar-refractivity contribution < 1.29 is 9.90 Å². The molecule has 1 saturated carbocycles. The summed E-state index contributed by atoms with van der Waals surface area (Å²) in [6, 6.07) is -0.166. The zero-order valence-electron chi connectivity index (χ0n) is 12.4. The van der Waals surface area contributed by atoms with Crippen LogP contribution < -0.4 is 10.6 Å². The first-order valence-corrected chi connectivity index (χ1v) is 8.55. The quantitative estimate of drug-likeness (QED) is 0.674. The molecular formula is C14H28N2O2S. The molecule has 0 aromatic heterocycles. The molecule has 1 rings (SSSR count). The molecule has 1 unspecified atom stereocenters. The first-order valence-electron chi connectivity index (χ1n) is 7.16. The molecule has 1 fully saturated rings. The van der Waals surface area contributed by atoms with E-state index < -0.39 is 5.60 Å². The Morgan fingerprint density at radius 2 is 2.00 bits per heavy atom. The fourth-order valence-electron chi connectivity index (χ4n) is 2.74. The molecule has 0 heterocycles. The third kappa shape index (κ3) is 5.61. The van der Waals surface area contributed by atoms with E-state index in [1.54, 1.807) is 18.7 Å². The van der Waals surface area contributed by atoms with E-state index in [0.29, 0.717) is 17.7 Å². The molecule has 0 aromatic rings. The van der Waals surface area contributed by atoms with Gasteiger partial charge in [-0.15, -0.1) is 0 Å². The van der Waals surface area contributed by atoms with Gasteiger partial charge in [0.05, 0.1) is 5.60 Å². The second-order valence-electron chi connectivity index (χ2n) is 6.03. The van der Waals surface area contributed by atoms with Crippen molar-refractivity contribution in [2.45, 2.75) is 51.6 Å². The molecule has 112 valence electrons. The Hall–Kier alpha value is -0.420. The smallest absolute Gasteiger partial charge is 0.314 e. The van der Waals surface area contributed by atoms with Crippen LogP contribution in [0.5, 0.6) is 0 Å². The Bertz CT molecular complexity index is 289. The number of urea groups is 1. The highest BCUT2D eigenvalue weighted by Crippen LogP contribution is 2.40. The molecule has 2 amide bonds. The van der Waals surface area contributed by atoms with Gasteiger partial charge >= 0.3 is 6.03 Å². The molecule has 3 N–H and O–H groups in total. The summed E-state index contributed by atoms with van der Waals surface area (Å²) in [6.07, 6.45) is 8.05. The van der Waals surface area contributed by atoms with E-state index in [2.05, 4.69) is 17.6 Å². The van der Waals surface area contributed by atoms with E-state index >= 15 is 0 Å². The van der Waals surface area contributed by atoms with Gasteiger partial charge in [-0.25, -0.2) is 4.79 Å². The number of carbonyl (C=O) groups is 1. The molecule has 5 heteroatoms. The molecule has 1 aliphatic rings. The molecule has 0 aliphatic heterocycles. The van der Waals surface area contributed by atoms with Crippen LogP contribution >= 0.6 is 11.8 Å². The van der Waals surface area contributed by atoms with Crippen molar-refractivity contribution in [1.82, 2.24) is 10.6 Å². The van der Waals surface area contributed by atoms with E-state index in [0.717, 1.165) is 13.0 Å². The average molecular weight is 288 g/mol. The predicted molar refractivity (Wildman–Crippen MR) is 81.6 cm³/mol. The minimum Gasteiger partial charge on any atom is -0.387 e. The number of carbonyl (C=O) groups excluding carboxylic acids is 1. The highest BCUT2D eigenvalue weighted by atomic mass is 32.2. The van der Waals surface area contributed by atoms with E-state index in [4.69, 9.17) is 0 Å². The van der Waals surface area contributed by atoms with Gasteiger partial charge < -0.3 is 15.7 Å². The van der Waals surface area contributed by atoms with Crippen LogP contribution in [0.25, 0.3) is 0 Å². The van der Waals surface area contributed by atoms with E-state index in [9.17, 15) is 9.90 Å². The molecular weight excluding hydrogens is 260 g/mol. The van der Waals surface area contributed by atoms with Gasteiger partial charge in [0, 0.05) is 18.8 Å². The van der Waals surface area contributed by atoms with Gasteiger partial charge in [0.25, 0.3) is 0 Å². The van der Waals surface area contributed by atoms with Gasteiger partial charge in [0.1, 0.15) is 0 Å². The summed E-state index contributed by atoms with van der Waals surface area (Å²) in [7, 11) is 0. The summed E-state index contributed by atoms with van der Waals surface area (Å²) in [5.74, 6) is 0.617. The van der Waals surface area contributed by atoms with E-state index in [1.807, 2.05) is 6.26 Å². The first kappa shape index (κ1) is 16.6. The highest BCUT2D eigenvalue weighted by molar-refractivity contribution is 7.98. The summed E-state index contributed by atoms with van der Waals surface area (Å²) in [6.45, 7) is 4.99. The number of rotatable bonds is 7. The number of hydrogen-bond acceptors (Lipinski definition) is 3. The minimum absolute atomic E-state index is 0.166. The largest absolute Gasteiger partial charge is 0.387 e. The van der Waals surface area contributed by atoms with Crippen LogP contribution in [-0.2, 0) is 0 Å². The second kappa shape index (κ2) is 7.39. The standard InChI is InChI=1S/C14H28N2O2S/c1-4-14(7-5-6-8-14)10-16-12(17)15-9-13(2,18)11-19-3/h18H,4-11H2,1-3H3,(H2,15,16,17). The predicted octanol–water partition coefficient (Wildman–Crippen LogP) is 2.37. The zero-order valence-corrected chi connectivity index (χ0v) is 13.2. The SMILES string of the molecule is CCC1(CNC(=O)NCC(C)(O)CSC)CCCC1. The summed E-state index contributed by atoms with van der Waals surface area (Å²) in [4.78, 5) is 11.8. The maximum Gasteiger partial charge on any atom is 0.314 e. The lowest BCUT2D eigenvalue weighted by molar-refractivity contribution is 0.0867. The molecule has 1 aliphatic carbocycles. The van der Waals surface area contributed by atoms with Gasteiger partial charge in [0.2, 0.25) is 0 Å². The fraction of sp³-hybridized carbons (Fsp3) is 0.929. The van der Waals surface area contributed by atoms with Crippen molar-refractivity contribution >= 4 is 17.8 Å². The molecule has 0 aromatic carbocycles. The lowest BCUT2D eigenvalue weighted by Gasteiger charge is -2.28. The van der Waals surface area contributed by atoms with E-state index in [1.165, 1.54) is 25.7 Å². The van der Waals surface area contributed by atoms with Crippen molar-refractivity contribution in [3.05, 3.63) is 0 Å². The summed E-state index contributed by atoms with van der Waals surface area (Å²) < 4.78 is 0. The van der Waals surface area contributed by atoms with Crippen LogP contribution in [-0.4, -0.2) is 41.8 Å². The van der Waals surface area contributed by atoms with Crippen molar-refractivity contribution in [2.24, 2.45) is 5.41 Å². The molecule has 0 saturated heterocycles. The summed E-state index contributed by atoms with van der Waals surface area (Å²) in [5.41, 5.74) is -0.536. The fourth-order valence-corrected chi connectivity index (χ4v) is 3.47. The van der Waals surface area contributed by atoms with Crippen LogP contribution in [0.15, 0.2) is 0 Å². The number of aliphatic hydroxyl groups is 1. The molecule has 19 heavy (non-hydrogen) atoms. The minimum atomic E-state index is -0.841. The average Bonchev–Trinajstić information content (AvgIpc) is 2.83. The summed E-state index contributed by atoms with van der Waals surface area (Å²) >= 11 is 1.58. The lowest BCUT2D eigenvalue weighted by atomic mass is 9.83. The van der Waals surface area contributed by atoms with Crippen molar-refractivity contribution in [3.63, 3.8) is 0 Å². The third-order valence-electron chi connectivity index (χ3n) is 4.12. The maximum absolute atomic E-state index is 11.8. The van der Waals surface area contributed by atoms with Crippen molar-refractivity contribution in [3.8, 4) is 0 Å². The molecule has 0 spiro atoms. The van der Waals surface area contributed by atoms with Crippen molar-refractivity contribution in [2.75, 3.05) is 25.1 Å². The third-order valence-corrected chi connectivity index (χ3v) is 5.03. The van der Waals surface area contributed by atoms with Gasteiger partial charge in [0.15, 0.2) is 0 Å². The monoisotopic (exact) mass is 288 g/mol. The van der Waals surface area contributed by atoms with Crippen LogP contribution in [0.4, 0.5) is 4.79 Å². The summed E-state index contributed by atoms with van der Waals surface area (Å²) in [5, 5.41) is 15.7. The van der Waals surface area contributed by atoms with E-state index in [-0.39, 0.29) is 6.03 Å². The molecule has 0 radical (unpaired) electrons. The van der Waals surface area contributed by atoms with Crippen LogP contribution in [0.2, 0.25) is 0 Å². The number of amides is 2. The topological polar surface area (TPSA) is 61.4 Å². The normalized spacial score (nSPS) is 20.8. The van der Waals surface area contributed by atoms with Crippen molar-refractivity contribution in [1.29, 1.82) is 0 Å². The van der Waals surface area contributed by atoms with Crippen LogP contribution in [0.1, 0.15) is 46.0 Å². The van der Waals surface area contributed by atoms with Crippen LogP contribution in [0, 0.1) is 5.41 Å². The molecule has 4 nitrogen and oxygen atoms in total. The Labute approximate surface area is 121 Å². The second-order valence-corrected chi connectivity index (χ2v) is 6.89. The highest BCUT2D eigenvalue weighted by Gasteiger charge is 2.32. The van der Waals surface area contributed by atoms with Crippen LogP contribution in [0.3, 0.4) is 0 Å². The Morgan fingerprint density at radius 3 is 2.53 bits per heavy atom. The zero-order chi connectivity index (χ0) is 14.4. The number of thioether (sulfide) groups is 1. The number of hydrogen-bond donors (Lipinski definition) is 3. The lowest BCUT2D eigenvalue weighted by Crippen LogP contribution is -2.48. The Balaban J connectivity index is 2.28. The van der Waals surface area contributed by atoms with Gasteiger partial charge in [-0.1, -0.05) is 19.8 Å². The van der Waals surface area contributed by atoms with Gasteiger partial charge in [-0.3, -0.25) is 0 Å². The molecule has 1 atom stereocenters. The maximum atomic E-state index is 11.8.